The van der Waals surface area contributed by atoms with Crippen LogP contribution in [0.1, 0.15) is 31.1 Å². The van der Waals surface area contributed by atoms with Crippen molar-refractivity contribution in [2.24, 2.45) is 0 Å². The predicted octanol–water partition coefficient (Wildman–Crippen LogP) is 2.06. The summed E-state index contributed by atoms with van der Waals surface area (Å²) in [6.45, 7) is 4.23. The molecular weight excluding hydrogens is 283 g/mol. The molecule has 0 aliphatic heterocycles. The number of carboxylic acids is 1. The van der Waals surface area contributed by atoms with Crippen molar-refractivity contribution in [3.8, 4) is 0 Å². The van der Waals surface area contributed by atoms with Crippen LogP contribution in [0.15, 0.2) is 18.2 Å². The quantitative estimate of drug-likeness (QED) is 0.677. The van der Waals surface area contributed by atoms with Crippen LogP contribution in [0.3, 0.4) is 0 Å². The van der Waals surface area contributed by atoms with Crippen LogP contribution in [-0.2, 0) is 4.79 Å². The molecule has 1 aromatic rings. The number of nitrogens with zero attached hydrogens (tertiary/aromatic N) is 2. The summed E-state index contributed by atoms with van der Waals surface area (Å²) in [5.41, 5.74) is -1.73. The summed E-state index contributed by atoms with van der Waals surface area (Å²) >= 11 is 0. The molecule has 0 atom stereocenters. The maximum absolute atomic E-state index is 13.8. The van der Waals surface area contributed by atoms with E-state index in [4.69, 9.17) is 5.11 Å². The first kappa shape index (κ1) is 16.5. The Kier molecular flexibility index (Phi) is 4.62. The lowest BCUT2D eigenvalue weighted by atomic mass is 10.0. The maximum Gasteiger partial charge on any atom is 0.323 e. The fourth-order valence-corrected chi connectivity index (χ4v) is 1.69. The first-order valence-electron chi connectivity index (χ1n) is 6.01. The molecule has 0 aliphatic rings. The molecule has 1 N–H and O–H groups in total. The lowest BCUT2D eigenvalue weighted by molar-refractivity contribution is -0.385. The molecule has 0 saturated heterocycles. The van der Waals surface area contributed by atoms with Gasteiger partial charge in [-0.1, -0.05) is 0 Å². The number of halogens is 1. The SMILES string of the molecule is CC(C)(C)N(CC(=O)O)C(=O)c1ccc([N+](=O)[O-])cc1F. The topological polar surface area (TPSA) is 101 Å². The van der Waals surface area contributed by atoms with E-state index >= 15 is 0 Å². The minimum absolute atomic E-state index is 0.406. The third-order valence-electron chi connectivity index (χ3n) is 2.74. The van der Waals surface area contributed by atoms with Crippen LogP contribution >= 0.6 is 0 Å². The van der Waals surface area contributed by atoms with Gasteiger partial charge in [-0.05, 0) is 26.8 Å². The number of nitro groups is 1. The van der Waals surface area contributed by atoms with Crippen LogP contribution in [0.2, 0.25) is 0 Å². The van der Waals surface area contributed by atoms with Gasteiger partial charge in [0.05, 0.1) is 16.6 Å². The summed E-state index contributed by atoms with van der Waals surface area (Å²) in [5.74, 6) is -3.13. The zero-order valence-corrected chi connectivity index (χ0v) is 11.8. The van der Waals surface area contributed by atoms with Crippen LogP contribution < -0.4 is 0 Å². The normalized spacial score (nSPS) is 11.0. The number of non-ortho nitro benzene ring substituents is 1. The number of carboxylic acid groups (broad SMARTS) is 1. The van der Waals surface area contributed by atoms with Crippen molar-refractivity contribution in [2.75, 3.05) is 6.54 Å². The Morgan fingerprint density at radius 2 is 1.95 bits per heavy atom. The van der Waals surface area contributed by atoms with Crippen molar-refractivity contribution in [3.05, 3.63) is 39.7 Å². The summed E-state index contributed by atoms with van der Waals surface area (Å²) in [6.07, 6.45) is 0. The molecule has 1 amide bonds. The Hall–Kier alpha value is -2.51. The van der Waals surface area contributed by atoms with Crippen LogP contribution in [0.25, 0.3) is 0 Å². The van der Waals surface area contributed by atoms with Gasteiger partial charge in [-0.25, -0.2) is 4.39 Å². The van der Waals surface area contributed by atoms with Gasteiger partial charge in [0.2, 0.25) is 0 Å². The number of carbonyl (C=O) groups excluding carboxylic acids is 1. The molecule has 0 saturated carbocycles. The predicted molar refractivity (Wildman–Crippen MR) is 71.5 cm³/mol. The van der Waals surface area contributed by atoms with Gasteiger partial charge in [-0.2, -0.15) is 0 Å². The van der Waals surface area contributed by atoms with E-state index in [0.717, 1.165) is 17.0 Å². The second-order valence-electron chi connectivity index (χ2n) is 5.38. The van der Waals surface area contributed by atoms with Crippen LogP contribution in [0.4, 0.5) is 10.1 Å². The summed E-state index contributed by atoms with van der Waals surface area (Å²) in [6, 6.07) is 2.61. The molecule has 1 aromatic carbocycles. The number of hydrogen-bond acceptors (Lipinski definition) is 4. The van der Waals surface area contributed by atoms with Gasteiger partial charge in [-0.15, -0.1) is 0 Å². The van der Waals surface area contributed by atoms with E-state index in [-0.39, 0.29) is 0 Å². The fraction of sp³-hybridized carbons (Fsp3) is 0.385. The van der Waals surface area contributed by atoms with Gasteiger partial charge in [0.25, 0.3) is 11.6 Å². The fourth-order valence-electron chi connectivity index (χ4n) is 1.69. The molecule has 21 heavy (non-hydrogen) atoms. The van der Waals surface area contributed by atoms with Crippen LogP contribution in [-0.4, -0.2) is 38.9 Å². The van der Waals surface area contributed by atoms with Gasteiger partial charge in [0, 0.05) is 11.6 Å². The van der Waals surface area contributed by atoms with Crippen molar-refractivity contribution >= 4 is 17.6 Å². The molecular formula is C13H15FN2O5. The van der Waals surface area contributed by atoms with E-state index in [2.05, 4.69) is 0 Å². The molecule has 0 aliphatic carbocycles. The van der Waals surface area contributed by atoms with Crippen molar-refractivity contribution in [3.63, 3.8) is 0 Å². The van der Waals surface area contributed by atoms with Crippen molar-refractivity contribution in [1.82, 2.24) is 4.90 Å². The van der Waals surface area contributed by atoms with Gasteiger partial charge in [0.15, 0.2) is 0 Å². The Labute approximate surface area is 120 Å². The van der Waals surface area contributed by atoms with E-state index in [1.165, 1.54) is 0 Å². The molecule has 8 heteroatoms. The molecule has 0 fully saturated rings. The standard InChI is InChI=1S/C13H15FN2O5/c1-13(2,3)15(7-11(17)18)12(19)9-5-4-8(16(20)21)6-10(9)14/h4-6H,7H2,1-3H3,(H,17,18). The molecule has 0 radical (unpaired) electrons. The lowest BCUT2D eigenvalue weighted by Crippen LogP contribution is -2.48. The smallest absolute Gasteiger partial charge is 0.323 e. The molecule has 0 heterocycles. The molecule has 0 aromatic heterocycles. The molecule has 0 spiro atoms. The second-order valence-corrected chi connectivity index (χ2v) is 5.38. The monoisotopic (exact) mass is 298 g/mol. The zero-order chi connectivity index (χ0) is 16.4. The third-order valence-corrected chi connectivity index (χ3v) is 2.74. The minimum Gasteiger partial charge on any atom is -0.480 e. The van der Waals surface area contributed by atoms with Gasteiger partial charge in [-0.3, -0.25) is 19.7 Å². The molecule has 0 unspecified atom stereocenters. The number of carbonyl (C=O) groups is 2. The van der Waals surface area contributed by atoms with E-state index < -0.39 is 46.0 Å². The summed E-state index contributed by atoms with van der Waals surface area (Å²) in [4.78, 5) is 33.9. The maximum atomic E-state index is 13.8. The van der Waals surface area contributed by atoms with Crippen molar-refractivity contribution < 1.29 is 24.0 Å². The first-order chi connectivity index (χ1) is 9.54. The van der Waals surface area contributed by atoms with E-state index in [0.29, 0.717) is 6.07 Å². The Morgan fingerprint density at radius 3 is 2.33 bits per heavy atom. The lowest BCUT2D eigenvalue weighted by Gasteiger charge is -2.34. The number of nitro benzene ring substituents is 1. The second kappa shape index (κ2) is 5.86. The van der Waals surface area contributed by atoms with E-state index in [9.17, 15) is 24.1 Å². The van der Waals surface area contributed by atoms with E-state index in [1.807, 2.05) is 0 Å². The molecule has 1 rings (SSSR count). The largest absolute Gasteiger partial charge is 0.480 e. The number of benzene rings is 1. The summed E-state index contributed by atoms with van der Waals surface area (Å²) < 4.78 is 13.8. The molecule has 7 nitrogen and oxygen atoms in total. The third kappa shape index (κ3) is 3.98. The minimum atomic E-state index is -1.24. The number of aliphatic carboxylic acids is 1. The highest BCUT2D eigenvalue weighted by molar-refractivity contribution is 5.96. The van der Waals surface area contributed by atoms with E-state index in [1.54, 1.807) is 20.8 Å². The average Bonchev–Trinajstić information content (AvgIpc) is 2.33. The highest BCUT2D eigenvalue weighted by atomic mass is 19.1. The Balaban J connectivity index is 3.21. The van der Waals surface area contributed by atoms with Crippen LogP contribution in [0, 0.1) is 15.9 Å². The highest BCUT2D eigenvalue weighted by Gasteiger charge is 2.31. The average molecular weight is 298 g/mol. The van der Waals surface area contributed by atoms with Gasteiger partial charge in [0.1, 0.15) is 12.4 Å². The van der Waals surface area contributed by atoms with Crippen molar-refractivity contribution in [1.29, 1.82) is 0 Å². The van der Waals surface area contributed by atoms with Gasteiger partial charge >= 0.3 is 5.97 Å². The Morgan fingerprint density at radius 1 is 1.38 bits per heavy atom. The number of hydrogen-bond donors (Lipinski definition) is 1. The number of rotatable bonds is 4. The van der Waals surface area contributed by atoms with Crippen molar-refractivity contribution in [2.45, 2.75) is 26.3 Å². The first-order valence-corrected chi connectivity index (χ1v) is 6.01. The summed E-state index contributed by atoms with van der Waals surface area (Å²) in [5, 5.41) is 19.4. The molecule has 0 bridgehead atoms. The zero-order valence-electron chi connectivity index (χ0n) is 11.8. The van der Waals surface area contributed by atoms with Crippen LogP contribution in [0.5, 0.6) is 0 Å². The van der Waals surface area contributed by atoms with Gasteiger partial charge < -0.3 is 10.0 Å². The molecule has 114 valence electrons. The highest BCUT2D eigenvalue weighted by Crippen LogP contribution is 2.22. The Bertz CT molecular complexity index is 595. The number of amides is 1. The summed E-state index contributed by atoms with van der Waals surface area (Å²) in [7, 11) is 0.